The SMILES string of the molecule is O=C(COc1cc2ccccc2cc1C(=O)NC1CCCC1)NC1CC1. The minimum Gasteiger partial charge on any atom is -0.483 e. The van der Waals surface area contributed by atoms with Crippen LogP contribution in [0.25, 0.3) is 10.8 Å². The maximum Gasteiger partial charge on any atom is 0.258 e. The van der Waals surface area contributed by atoms with Crippen LogP contribution in [0.5, 0.6) is 5.75 Å². The molecule has 2 saturated carbocycles. The molecule has 0 saturated heterocycles. The van der Waals surface area contributed by atoms with Crippen molar-refractivity contribution in [1.82, 2.24) is 10.6 Å². The average Bonchev–Trinajstić information content (AvgIpc) is 3.31. The van der Waals surface area contributed by atoms with Crippen LogP contribution in [0.15, 0.2) is 36.4 Å². The third kappa shape index (κ3) is 3.98. The average molecular weight is 352 g/mol. The molecule has 0 aliphatic heterocycles. The Morgan fingerprint density at radius 1 is 0.923 bits per heavy atom. The first kappa shape index (κ1) is 16.9. The van der Waals surface area contributed by atoms with Gasteiger partial charge in [-0.25, -0.2) is 0 Å². The van der Waals surface area contributed by atoms with E-state index in [0.717, 1.165) is 49.3 Å². The van der Waals surface area contributed by atoms with Crippen LogP contribution in [0.2, 0.25) is 0 Å². The van der Waals surface area contributed by atoms with Gasteiger partial charge in [-0.15, -0.1) is 0 Å². The molecular weight excluding hydrogens is 328 g/mol. The molecule has 4 rings (SSSR count). The zero-order chi connectivity index (χ0) is 17.9. The lowest BCUT2D eigenvalue weighted by atomic mass is 10.0. The molecule has 2 aromatic rings. The molecule has 0 unspecified atom stereocenters. The number of carbonyl (C=O) groups is 2. The normalized spacial score (nSPS) is 17.2. The monoisotopic (exact) mass is 352 g/mol. The van der Waals surface area contributed by atoms with E-state index < -0.39 is 0 Å². The van der Waals surface area contributed by atoms with Crippen molar-refractivity contribution in [1.29, 1.82) is 0 Å². The van der Waals surface area contributed by atoms with Crippen molar-refractivity contribution in [2.75, 3.05) is 6.61 Å². The van der Waals surface area contributed by atoms with Gasteiger partial charge >= 0.3 is 0 Å². The van der Waals surface area contributed by atoms with E-state index in [2.05, 4.69) is 10.6 Å². The van der Waals surface area contributed by atoms with Gasteiger partial charge in [0.05, 0.1) is 5.56 Å². The van der Waals surface area contributed by atoms with Crippen LogP contribution in [0.1, 0.15) is 48.9 Å². The van der Waals surface area contributed by atoms with Crippen LogP contribution in [0, 0.1) is 0 Å². The maximum absolute atomic E-state index is 12.8. The Hall–Kier alpha value is -2.56. The molecule has 0 spiro atoms. The van der Waals surface area contributed by atoms with Crippen molar-refractivity contribution in [3.63, 3.8) is 0 Å². The molecular formula is C21H24N2O3. The molecule has 0 aromatic heterocycles. The van der Waals surface area contributed by atoms with Gasteiger partial charge in [0.1, 0.15) is 5.75 Å². The number of ether oxygens (including phenoxy) is 1. The Bertz CT molecular complexity index is 823. The summed E-state index contributed by atoms with van der Waals surface area (Å²) in [6.07, 6.45) is 6.45. The number of carbonyl (C=O) groups excluding carboxylic acids is 2. The molecule has 2 N–H and O–H groups in total. The third-order valence-corrected chi connectivity index (χ3v) is 5.08. The van der Waals surface area contributed by atoms with Crippen LogP contribution in [0.4, 0.5) is 0 Å². The lowest BCUT2D eigenvalue weighted by Gasteiger charge is -2.16. The zero-order valence-electron chi connectivity index (χ0n) is 14.8. The second-order valence-electron chi connectivity index (χ2n) is 7.28. The Morgan fingerprint density at radius 2 is 1.58 bits per heavy atom. The van der Waals surface area contributed by atoms with Crippen molar-refractivity contribution < 1.29 is 14.3 Å². The van der Waals surface area contributed by atoms with Crippen LogP contribution in [-0.2, 0) is 4.79 Å². The molecule has 0 radical (unpaired) electrons. The number of hydrogen-bond donors (Lipinski definition) is 2. The highest BCUT2D eigenvalue weighted by Crippen LogP contribution is 2.27. The Labute approximate surface area is 153 Å². The maximum atomic E-state index is 12.8. The first-order valence-electron chi connectivity index (χ1n) is 9.45. The summed E-state index contributed by atoms with van der Waals surface area (Å²) < 4.78 is 5.75. The molecule has 136 valence electrons. The van der Waals surface area contributed by atoms with Gasteiger partial charge in [-0.2, -0.15) is 0 Å². The fourth-order valence-corrected chi connectivity index (χ4v) is 3.49. The molecule has 0 bridgehead atoms. The standard InChI is InChI=1S/C21H24N2O3/c24-20(22-17-9-10-17)13-26-19-12-15-6-2-1-5-14(15)11-18(19)21(25)23-16-7-3-4-8-16/h1-2,5-6,11-12,16-17H,3-4,7-10,13H2,(H,22,24)(H,23,25). The number of nitrogens with one attached hydrogen (secondary N) is 2. The summed E-state index contributed by atoms with van der Waals surface area (Å²) in [6.45, 7) is -0.0709. The van der Waals surface area contributed by atoms with E-state index in [1.54, 1.807) is 0 Å². The molecule has 2 amide bonds. The second kappa shape index (κ2) is 7.36. The van der Waals surface area contributed by atoms with E-state index in [0.29, 0.717) is 17.4 Å². The summed E-state index contributed by atoms with van der Waals surface area (Å²) in [5.41, 5.74) is 0.495. The Morgan fingerprint density at radius 3 is 2.27 bits per heavy atom. The minimum atomic E-state index is -0.136. The first-order chi connectivity index (χ1) is 12.7. The molecule has 5 nitrogen and oxygen atoms in total. The predicted molar refractivity (Wildman–Crippen MR) is 100 cm³/mol. The topological polar surface area (TPSA) is 67.4 Å². The molecule has 2 fully saturated rings. The zero-order valence-corrected chi connectivity index (χ0v) is 14.8. The van der Waals surface area contributed by atoms with Crippen molar-refractivity contribution in [2.45, 2.75) is 50.6 Å². The molecule has 2 aromatic carbocycles. The van der Waals surface area contributed by atoms with Gasteiger partial charge in [-0.3, -0.25) is 9.59 Å². The van der Waals surface area contributed by atoms with Crippen molar-refractivity contribution in [2.24, 2.45) is 0 Å². The molecule has 26 heavy (non-hydrogen) atoms. The smallest absolute Gasteiger partial charge is 0.258 e. The van der Waals surface area contributed by atoms with Crippen molar-refractivity contribution in [3.8, 4) is 5.75 Å². The molecule has 2 aliphatic rings. The van der Waals surface area contributed by atoms with Crippen LogP contribution >= 0.6 is 0 Å². The summed E-state index contributed by atoms with van der Waals surface area (Å²) in [7, 11) is 0. The van der Waals surface area contributed by atoms with Gasteiger partial charge in [0, 0.05) is 12.1 Å². The van der Waals surface area contributed by atoms with Gasteiger partial charge in [0.2, 0.25) is 0 Å². The van der Waals surface area contributed by atoms with E-state index in [1.807, 2.05) is 36.4 Å². The minimum absolute atomic E-state index is 0.0709. The number of rotatable bonds is 6. The van der Waals surface area contributed by atoms with Gasteiger partial charge in [0.25, 0.3) is 11.8 Å². The van der Waals surface area contributed by atoms with E-state index in [4.69, 9.17) is 4.74 Å². The first-order valence-corrected chi connectivity index (χ1v) is 9.45. The third-order valence-electron chi connectivity index (χ3n) is 5.08. The number of benzene rings is 2. The van der Waals surface area contributed by atoms with E-state index in [1.165, 1.54) is 0 Å². The van der Waals surface area contributed by atoms with Gasteiger partial charge in [-0.05, 0) is 48.6 Å². The quantitative estimate of drug-likeness (QED) is 0.839. The predicted octanol–water partition coefficient (Wildman–Crippen LogP) is 3.17. The summed E-state index contributed by atoms with van der Waals surface area (Å²) in [4.78, 5) is 24.8. The fraction of sp³-hybridized carbons (Fsp3) is 0.429. The Balaban J connectivity index is 1.55. The van der Waals surface area contributed by atoms with Crippen molar-refractivity contribution in [3.05, 3.63) is 42.0 Å². The number of hydrogen-bond acceptors (Lipinski definition) is 3. The number of fused-ring (bicyclic) bond motifs is 1. The van der Waals surface area contributed by atoms with Gasteiger partial charge in [0.15, 0.2) is 6.61 Å². The lowest BCUT2D eigenvalue weighted by Crippen LogP contribution is -2.33. The van der Waals surface area contributed by atoms with Crippen LogP contribution in [-0.4, -0.2) is 30.5 Å². The largest absolute Gasteiger partial charge is 0.483 e. The van der Waals surface area contributed by atoms with Crippen molar-refractivity contribution >= 4 is 22.6 Å². The van der Waals surface area contributed by atoms with E-state index in [-0.39, 0.29) is 24.5 Å². The summed E-state index contributed by atoms with van der Waals surface area (Å²) in [6, 6.07) is 12.1. The lowest BCUT2D eigenvalue weighted by molar-refractivity contribution is -0.123. The van der Waals surface area contributed by atoms with E-state index in [9.17, 15) is 9.59 Å². The Kier molecular flexibility index (Phi) is 4.78. The highest BCUT2D eigenvalue weighted by atomic mass is 16.5. The molecule has 0 atom stereocenters. The number of amides is 2. The van der Waals surface area contributed by atoms with E-state index >= 15 is 0 Å². The van der Waals surface area contributed by atoms with Gasteiger partial charge < -0.3 is 15.4 Å². The molecule has 5 heteroatoms. The molecule has 0 heterocycles. The summed E-state index contributed by atoms with van der Waals surface area (Å²) >= 11 is 0. The summed E-state index contributed by atoms with van der Waals surface area (Å²) in [5.74, 6) is 0.202. The van der Waals surface area contributed by atoms with Gasteiger partial charge in [-0.1, -0.05) is 37.1 Å². The molecule has 2 aliphatic carbocycles. The summed E-state index contributed by atoms with van der Waals surface area (Å²) in [5, 5.41) is 7.99. The van der Waals surface area contributed by atoms with Crippen LogP contribution < -0.4 is 15.4 Å². The highest BCUT2D eigenvalue weighted by Gasteiger charge is 2.24. The van der Waals surface area contributed by atoms with Crippen LogP contribution in [0.3, 0.4) is 0 Å². The fourth-order valence-electron chi connectivity index (χ4n) is 3.49. The highest BCUT2D eigenvalue weighted by molar-refractivity contribution is 6.01. The second-order valence-corrected chi connectivity index (χ2v) is 7.28.